The van der Waals surface area contributed by atoms with Gasteiger partial charge in [0.2, 0.25) is 0 Å². The van der Waals surface area contributed by atoms with Crippen LogP contribution < -0.4 is 10.1 Å². The molecule has 3 aromatic heterocycles. The monoisotopic (exact) mass is 440 g/mol. The summed E-state index contributed by atoms with van der Waals surface area (Å²) >= 11 is 0. The summed E-state index contributed by atoms with van der Waals surface area (Å²) in [6.07, 6.45) is 0.295. The molecule has 1 N–H and O–H groups in total. The lowest BCUT2D eigenvalue weighted by molar-refractivity contribution is 0.0952. The van der Waals surface area contributed by atoms with Crippen LogP contribution in [0.5, 0.6) is 5.75 Å². The Morgan fingerprint density at radius 3 is 2.75 bits per heavy atom. The van der Waals surface area contributed by atoms with E-state index in [1.807, 2.05) is 20.0 Å². The van der Waals surface area contributed by atoms with Crippen molar-refractivity contribution < 1.29 is 18.3 Å². The van der Waals surface area contributed by atoms with E-state index in [9.17, 15) is 13.6 Å². The van der Waals surface area contributed by atoms with Crippen LogP contribution in [0.15, 0.2) is 42.7 Å². The van der Waals surface area contributed by atoms with Gasteiger partial charge in [0.25, 0.3) is 12.3 Å². The Morgan fingerprint density at radius 2 is 2.06 bits per heavy atom. The molecule has 0 radical (unpaired) electrons. The van der Waals surface area contributed by atoms with Gasteiger partial charge in [-0.2, -0.15) is 10.2 Å². The van der Waals surface area contributed by atoms with Crippen molar-refractivity contribution in [3.05, 3.63) is 65.2 Å². The molecule has 8 nitrogen and oxygen atoms in total. The lowest BCUT2D eigenvalue weighted by Crippen LogP contribution is -2.23. The van der Waals surface area contributed by atoms with Gasteiger partial charge in [-0.05, 0) is 32.0 Å². The van der Waals surface area contributed by atoms with Crippen molar-refractivity contribution >= 4 is 11.6 Å². The summed E-state index contributed by atoms with van der Waals surface area (Å²) in [5.41, 5.74) is 2.26. The van der Waals surface area contributed by atoms with Crippen molar-refractivity contribution in [2.45, 2.75) is 33.4 Å². The fraction of sp³-hybridized carbons (Fsp3) is 0.273. The molecule has 3 heterocycles. The molecule has 0 aliphatic heterocycles. The van der Waals surface area contributed by atoms with E-state index in [1.165, 1.54) is 19.4 Å². The van der Waals surface area contributed by atoms with Gasteiger partial charge in [0.1, 0.15) is 17.0 Å². The highest BCUT2D eigenvalue weighted by Crippen LogP contribution is 2.32. The summed E-state index contributed by atoms with van der Waals surface area (Å²) in [4.78, 5) is 17.4. The van der Waals surface area contributed by atoms with E-state index in [2.05, 4.69) is 20.5 Å². The van der Waals surface area contributed by atoms with Crippen LogP contribution in [0.1, 0.15) is 40.7 Å². The minimum absolute atomic E-state index is 0.0437. The number of amides is 1. The number of para-hydroxylation sites is 1. The third-order valence-electron chi connectivity index (χ3n) is 5.16. The molecular formula is C22H22F2N6O2. The number of nitrogens with zero attached hydrogens (tertiary/aromatic N) is 5. The van der Waals surface area contributed by atoms with Crippen LogP contribution >= 0.6 is 0 Å². The lowest BCUT2D eigenvalue weighted by Gasteiger charge is -2.11. The van der Waals surface area contributed by atoms with E-state index in [0.29, 0.717) is 11.3 Å². The molecule has 0 fully saturated rings. The fourth-order valence-electron chi connectivity index (χ4n) is 3.46. The third kappa shape index (κ3) is 3.91. The first-order valence-corrected chi connectivity index (χ1v) is 10.0. The number of benzene rings is 1. The summed E-state index contributed by atoms with van der Waals surface area (Å²) in [5.74, 6) is 0.0204. The highest BCUT2D eigenvalue weighted by atomic mass is 19.3. The second kappa shape index (κ2) is 8.74. The third-order valence-corrected chi connectivity index (χ3v) is 5.16. The van der Waals surface area contributed by atoms with Crippen molar-refractivity contribution in [1.29, 1.82) is 0 Å². The van der Waals surface area contributed by atoms with Crippen molar-refractivity contribution in [2.24, 2.45) is 0 Å². The number of ether oxygens (including phenoxy) is 1. The number of aromatic nitrogens is 5. The predicted octanol–water partition coefficient (Wildman–Crippen LogP) is 3.80. The molecule has 0 unspecified atom stereocenters. The SMILES string of the molecule is CCn1cc(CNC(=O)c2cnn3c(C(F)F)cc(-c4ccccc4OC)nc23)c(C)n1. The largest absolute Gasteiger partial charge is 0.496 e. The molecule has 0 atom stereocenters. The molecule has 0 bridgehead atoms. The smallest absolute Gasteiger partial charge is 0.280 e. The number of aryl methyl sites for hydroxylation is 2. The van der Waals surface area contributed by atoms with Gasteiger partial charge in [0.15, 0.2) is 5.65 Å². The maximum Gasteiger partial charge on any atom is 0.280 e. The van der Waals surface area contributed by atoms with Crippen molar-refractivity contribution in [2.75, 3.05) is 7.11 Å². The average molecular weight is 440 g/mol. The quantitative estimate of drug-likeness (QED) is 0.473. The fourth-order valence-corrected chi connectivity index (χ4v) is 3.46. The van der Waals surface area contributed by atoms with E-state index in [0.717, 1.165) is 22.3 Å². The normalized spacial score (nSPS) is 11.3. The van der Waals surface area contributed by atoms with Gasteiger partial charge < -0.3 is 10.1 Å². The molecule has 32 heavy (non-hydrogen) atoms. The number of hydrogen-bond acceptors (Lipinski definition) is 5. The van der Waals surface area contributed by atoms with Gasteiger partial charge in [0, 0.05) is 30.4 Å². The van der Waals surface area contributed by atoms with Gasteiger partial charge >= 0.3 is 0 Å². The van der Waals surface area contributed by atoms with E-state index in [4.69, 9.17) is 4.74 Å². The minimum Gasteiger partial charge on any atom is -0.496 e. The number of carbonyl (C=O) groups excluding carboxylic acids is 1. The van der Waals surface area contributed by atoms with Crippen LogP contribution in [0.3, 0.4) is 0 Å². The number of fused-ring (bicyclic) bond motifs is 1. The Morgan fingerprint density at radius 1 is 1.28 bits per heavy atom. The molecule has 1 aromatic carbocycles. The number of rotatable bonds is 7. The Balaban J connectivity index is 1.73. The molecule has 0 aliphatic carbocycles. The summed E-state index contributed by atoms with van der Waals surface area (Å²) < 4.78 is 35.7. The molecule has 0 aliphatic rings. The molecule has 4 rings (SSSR count). The molecule has 0 saturated heterocycles. The first-order chi connectivity index (χ1) is 15.4. The molecule has 10 heteroatoms. The number of alkyl halides is 2. The highest BCUT2D eigenvalue weighted by molar-refractivity contribution is 5.99. The predicted molar refractivity (Wildman–Crippen MR) is 114 cm³/mol. The lowest BCUT2D eigenvalue weighted by atomic mass is 10.1. The summed E-state index contributed by atoms with van der Waals surface area (Å²) in [6.45, 7) is 4.79. The molecule has 166 valence electrons. The zero-order chi connectivity index (χ0) is 22.8. The Hall–Kier alpha value is -3.82. The van der Waals surface area contributed by atoms with Crippen molar-refractivity contribution in [1.82, 2.24) is 29.7 Å². The first-order valence-electron chi connectivity index (χ1n) is 10.0. The minimum atomic E-state index is -2.81. The average Bonchev–Trinajstić information content (AvgIpc) is 3.39. The van der Waals surface area contributed by atoms with Crippen LogP contribution in [0.2, 0.25) is 0 Å². The van der Waals surface area contributed by atoms with Crippen molar-refractivity contribution in [3.8, 4) is 17.0 Å². The number of nitrogens with one attached hydrogen (secondary N) is 1. The zero-order valence-corrected chi connectivity index (χ0v) is 17.8. The second-order valence-electron chi connectivity index (χ2n) is 7.14. The zero-order valence-electron chi connectivity index (χ0n) is 17.8. The highest BCUT2D eigenvalue weighted by Gasteiger charge is 2.22. The van der Waals surface area contributed by atoms with Gasteiger partial charge in [0.05, 0.1) is 24.7 Å². The van der Waals surface area contributed by atoms with Crippen LogP contribution in [-0.2, 0) is 13.1 Å². The molecule has 1 amide bonds. The topological polar surface area (TPSA) is 86.3 Å². The number of methoxy groups -OCH3 is 1. The Labute approximate surface area is 182 Å². The van der Waals surface area contributed by atoms with E-state index < -0.39 is 12.3 Å². The van der Waals surface area contributed by atoms with Gasteiger partial charge in [-0.1, -0.05) is 12.1 Å². The molecule has 0 saturated carbocycles. The van der Waals surface area contributed by atoms with Crippen LogP contribution in [0.25, 0.3) is 16.9 Å². The Kier molecular flexibility index (Phi) is 5.85. The molecular weight excluding hydrogens is 418 g/mol. The maximum atomic E-state index is 13.8. The van der Waals surface area contributed by atoms with E-state index >= 15 is 0 Å². The number of carbonyl (C=O) groups is 1. The summed E-state index contributed by atoms with van der Waals surface area (Å²) in [7, 11) is 1.49. The van der Waals surface area contributed by atoms with Crippen LogP contribution in [-0.4, -0.2) is 37.4 Å². The number of halogens is 2. The Bertz CT molecular complexity index is 1280. The molecule has 0 spiro atoms. The van der Waals surface area contributed by atoms with Gasteiger partial charge in [-0.15, -0.1) is 0 Å². The summed E-state index contributed by atoms with van der Waals surface area (Å²) in [5, 5.41) is 11.2. The first kappa shape index (κ1) is 21.4. The van der Waals surface area contributed by atoms with Crippen LogP contribution in [0.4, 0.5) is 8.78 Å². The van der Waals surface area contributed by atoms with Crippen molar-refractivity contribution in [3.63, 3.8) is 0 Å². The molecule has 4 aromatic rings. The maximum absolute atomic E-state index is 13.8. The summed E-state index contributed by atoms with van der Waals surface area (Å²) in [6, 6.07) is 8.22. The standard InChI is InChI=1S/C22H22F2N6O2/c1-4-29-12-14(13(2)28-29)10-25-22(31)16-11-26-30-18(20(23)24)9-17(27-21(16)30)15-7-5-6-8-19(15)32-3/h5-9,11-12,20H,4,10H2,1-3H3,(H,25,31). The van der Waals surface area contributed by atoms with E-state index in [1.54, 1.807) is 28.9 Å². The van der Waals surface area contributed by atoms with Gasteiger partial charge in [-0.25, -0.2) is 18.3 Å². The number of hydrogen-bond donors (Lipinski definition) is 1. The second-order valence-corrected chi connectivity index (χ2v) is 7.14. The van der Waals surface area contributed by atoms with E-state index in [-0.39, 0.29) is 29.1 Å². The van der Waals surface area contributed by atoms with Crippen LogP contribution in [0, 0.1) is 6.92 Å². The van der Waals surface area contributed by atoms with Gasteiger partial charge in [-0.3, -0.25) is 9.48 Å².